The highest BCUT2D eigenvalue weighted by Gasteiger charge is 2.25. The molecule has 3 rings (SSSR count). The SMILES string of the molecule is CC.CC1CCCN1C(=O)c1cccnc1.O=CNCc1ccc(Cl)cc1. The van der Waals surface area contributed by atoms with Crippen LogP contribution in [0.2, 0.25) is 5.02 Å². The van der Waals surface area contributed by atoms with E-state index in [1.807, 2.05) is 36.9 Å². The van der Waals surface area contributed by atoms with Crippen molar-refractivity contribution in [2.75, 3.05) is 6.54 Å². The summed E-state index contributed by atoms with van der Waals surface area (Å²) < 4.78 is 0. The maximum Gasteiger partial charge on any atom is 0.255 e. The van der Waals surface area contributed by atoms with Gasteiger partial charge in [0.2, 0.25) is 6.41 Å². The molecular weight excluding hydrogens is 362 g/mol. The second kappa shape index (κ2) is 12.9. The third-order valence-electron chi connectivity index (χ3n) is 4.03. The number of likely N-dealkylation sites (tertiary alicyclic amines) is 1. The molecule has 2 aromatic rings. The fourth-order valence-corrected chi connectivity index (χ4v) is 2.78. The molecule has 2 heterocycles. The van der Waals surface area contributed by atoms with Crippen molar-refractivity contribution in [3.63, 3.8) is 0 Å². The summed E-state index contributed by atoms with van der Waals surface area (Å²) in [5.74, 6) is 0.114. The van der Waals surface area contributed by atoms with Crippen LogP contribution in [-0.2, 0) is 11.3 Å². The number of carbonyl (C=O) groups excluding carboxylic acids is 2. The van der Waals surface area contributed by atoms with E-state index in [1.165, 1.54) is 0 Å². The van der Waals surface area contributed by atoms with Crippen LogP contribution in [0.5, 0.6) is 0 Å². The Balaban J connectivity index is 0.000000254. The lowest BCUT2D eigenvalue weighted by atomic mass is 10.2. The van der Waals surface area contributed by atoms with Crippen molar-refractivity contribution in [3.8, 4) is 0 Å². The van der Waals surface area contributed by atoms with Gasteiger partial charge in [0.05, 0.1) is 5.56 Å². The molecule has 1 aromatic carbocycles. The number of nitrogens with one attached hydrogen (secondary N) is 1. The molecular formula is C21H28ClN3O2. The molecule has 1 unspecified atom stereocenters. The van der Waals surface area contributed by atoms with Crippen LogP contribution in [0.15, 0.2) is 48.8 Å². The number of benzene rings is 1. The number of carbonyl (C=O) groups is 2. The average molecular weight is 390 g/mol. The Hall–Kier alpha value is -2.40. The second-order valence-electron chi connectivity index (χ2n) is 5.86. The highest BCUT2D eigenvalue weighted by atomic mass is 35.5. The third-order valence-corrected chi connectivity index (χ3v) is 4.28. The van der Waals surface area contributed by atoms with Crippen LogP contribution in [0.25, 0.3) is 0 Å². The summed E-state index contributed by atoms with van der Waals surface area (Å²) in [6.45, 7) is 7.54. The molecule has 0 saturated carbocycles. The molecule has 2 amide bonds. The van der Waals surface area contributed by atoms with E-state index in [4.69, 9.17) is 11.6 Å². The molecule has 1 N–H and O–H groups in total. The van der Waals surface area contributed by atoms with Gasteiger partial charge >= 0.3 is 0 Å². The Morgan fingerprint density at radius 1 is 1.30 bits per heavy atom. The molecule has 1 fully saturated rings. The Morgan fingerprint density at radius 3 is 2.52 bits per heavy atom. The van der Waals surface area contributed by atoms with E-state index < -0.39 is 0 Å². The Labute approximate surface area is 166 Å². The largest absolute Gasteiger partial charge is 0.355 e. The molecule has 27 heavy (non-hydrogen) atoms. The summed E-state index contributed by atoms with van der Waals surface area (Å²) in [5, 5.41) is 3.27. The van der Waals surface area contributed by atoms with Gasteiger partial charge in [0, 0.05) is 36.5 Å². The average Bonchev–Trinajstić information content (AvgIpc) is 3.15. The summed E-state index contributed by atoms with van der Waals surface area (Å²) in [4.78, 5) is 27.7. The molecule has 0 bridgehead atoms. The van der Waals surface area contributed by atoms with Crippen LogP contribution in [0, 0.1) is 0 Å². The van der Waals surface area contributed by atoms with E-state index in [-0.39, 0.29) is 5.91 Å². The molecule has 1 saturated heterocycles. The van der Waals surface area contributed by atoms with Gasteiger partial charge in [-0.05, 0) is 49.6 Å². The minimum atomic E-state index is 0.114. The summed E-state index contributed by atoms with van der Waals surface area (Å²) in [6.07, 6.45) is 6.23. The van der Waals surface area contributed by atoms with Crippen molar-refractivity contribution < 1.29 is 9.59 Å². The molecule has 6 heteroatoms. The zero-order chi connectivity index (χ0) is 20.1. The Bertz CT molecular complexity index is 678. The first-order valence-corrected chi connectivity index (χ1v) is 9.62. The maximum atomic E-state index is 11.9. The van der Waals surface area contributed by atoms with Gasteiger partial charge in [-0.1, -0.05) is 37.6 Å². The first kappa shape index (κ1) is 22.6. The zero-order valence-corrected chi connectivity index (χ0v) is 16.9. The number of hydrogen-bond donors (Lipinski definition) is 1. The number of nitrogens with zero attached hydrogens (tertiary/aromatic N) is 2. The van der Waals surface area contributed by atoms with Gasteiger partial charge in [0.1, 0.15) is 0 Å². The predicted octanol–water partition coefficient (Wildman–Crippen LogP) is 4.32. The first-order chi connectivity index (χ1) is 13.1. The highest BCUT2D eigenvalue weighted by molar-refractivity contribution is 6.30. The van der Waals surface area contributed by atoms with Crippen LogP contribution in [0.4, 0.5) is 0 Å². The van der Waals surface area contributed by atoms with Gasteiger partial charge in [-0.2, -0.15) is 0 Å². The van der Waals surface area contributed by atoms with Crippen molar-refractivity contribution in [1.82, 2.24) is 15.2 Å². The quantitative estimate of drug-likeness (QED) is 0.792. The van der Waals surface area contributed by atoms with Crippen molar-refractivity contribution in [1.29, 1.82) is 0 Å². The summed E-state index contributed by atoms with van der Waals surface area (Å²) in [6, 6.07) is 11.3. The smallest absolute Gasteiger partial charge is 0.255 e. The molecule has 1 aliphatic heterocycles. The molecule has 1 atom stereocenters. The highest BCUT2D eigenvalue weighted by Crippen LogP contribution is 2.18. The van der Waals surface area contributed by atoms with E-state index in [1.54, 1.807) is 30.6 Å². The fourth-order valence-electron chi connectivity index (χ4n) is 2.65. The van der Waals surface area contributed by atoms with Crippen LogP contribution in [-0.4, -0.2) is 34.8 Å². The topological polar surface area (TPSA) is 62.3 Å². The van der Waals surface area contributed by atoms with Crippen LogP contribution in [0.1, 0.15) is 49.5 Å². The number of pyridine rings is 1. The van der Waals surface area contributed by atoms with E-state index in [0.717, 1.165) is 24.9 Å². The van der Waals surface area contributed by atoms with Gasteiger partial charge in [0.15, 0.2) is 0 Å². The Kier molecular flexibility index (Phi) is 10.8. The van der Waals surface area contributed by atoms with Crippen molar-refractivity contribution in [3.05, 3.63) is 64.9 Å². The number of amides is 2. The van der Waals surface area contributed by atoms with E-state index >= 15 is 0 Å². The van der Waals surface area contributed by atoms with Gasteiger partial charge in [-0.15, -0.1) is 0 Å². The zero-order valence-electron chi connectivity index (χ0n) is 16.2. The van der Waals surface area contributed by atoms with Gasteiger partial charge in [-0.25, -0.2) is 0 Å². The lowest BCUT2D eigenvalue weighted by Crippen LogP contribution is -2.33. The predicted molar refractivity (Wildman–Crippen MR) is 110 cm³/mol. The fraction of sp³-hybridized carbons (Fsp3) is 0.381. The summed E-state index contributed by atoms with van der Waals surface area (Å²) in [7, 11) is 0. The normalized spacial score (nSPS) is 15.0. The molecule has 146 valence electrons. The lowest BCUT2D eigenvalue weighted by molar-refractivity contribution is -0.109. The van der Waals surface area contributed by atoms with Crippen LogP contribution in [0.3, 0.4) is 0 Å². The molecule has 5 nitrogen and oxygen atoms in total. The molecule has 1 aliphatic rings. The lowest BCUT2D eigenvalue weighted by Gasteiger charge is -2.21. The molecule has 0 spiro atoms. The van der Waals surface area contributed by atoms with E-state index in [9.17, 15) is 9.59 Å². The van der Waals surface area contributed by atoms with Gasteiger partial charge in [0.25, 0.3) is 5.91 Å². The van der Waals surface area contributed by atoms with Gasteiger partial charge < -0.3 is 10.2 Å². The molecule has 1 aromatic heterocycles. The molecule has 0 aliphatic carbocycles. The first-order valence-electron chi connectivity index (χ1n) is 9.24. The third kappa shape index (κ3) is 7.79. The minimum absolute atomic E-state index is 0.114. The number of hydrogen-bond acceptors (Lipinski definition) is 3. The number of halogens is 1. The second-order valence-corrected chi connectivity index (χ2v) is 6.29. The minimum Gasteiger partial charge on any atom is -0.355 e. The summed E-state index contributed by atoms with van der Waals surface area (Å²) >= 11 is 5.66. The maximum absolute atomic E-state index is 11.9. The monoisotopic (exact) mass is 389 g/mol. The van der Waals surface area contributed by atoms with Crippen molar-refractivity contribution in [2.45, 2.75) is 46.2 Å². The van der Waals surface area contributed by atoms with Crippen LogP contribution < -0.4 is 5.32 Å². The summed E-state index contributed by atoms with van der Waals surface area (Å²) in [5.41, 5.74) is 1.74. The van der Waals surface area contributed by atoms with E-state index in [2.05, 4.69) is 17.2 Å². The van der Waals surface area contributed by atoms with Crippen LogP contribution >= 0.6 is 11.6 Å². The van der Waals surface area contributed by atoms with E-state index in [0.29, 0.717) is 29.6 Å². The van der Waals surface area contributed by atoms with Crippen molar-refractivity contribution in [2.24, 2.45) is 0 Å². The van der Waals surface area contributed by atoms with Gasteiger partial charge in [-0.3, -0.25) is 14.6 Å². The number of aromatic nitrogens is 1. The number of rotatable bonds is 4. The standard InChI is InChI=1S/C11H14N2O.C8H8ClNO.C2H6/c1-9-4-3-7-13(9)11(14)10-5-2-6-12-8-10;9-8-3-1-7(2-4-8)5-10-6-11;1-2/h2,5-6,8-9H,3-4,7H2,1H3;1-4,6H,5H2,(H,10,11);1-2H3. The Morgan fingerprint density at radius 2 is 2.00 bits per heavy atom. The molecule has 0 radical (unpaired) electrons. The van der Waals surface area contributed by atoms with Crippen molar-refractivity contribution >= 4 is 23.9 Å².